The highest BCUT2D eigenvalue weighted by molar-refractivity contribution is 5.69. The maximum atomic E-state index is 9.40. The highest BCUT2D eigenvalue weighted by atomic mass is 16.3. The topological polar surface area (TPSA) is 58.3 Å². The van der Waals surface area contributed by atoms with Crippen molar-refractivity contribution in [2.45, 2.75) is 26.4 Å². The molecule has 78 valence electrons. The predicted molar refractivity (Wildman–Crippen MR) is 60.4 cm³/mol. The number of para-hydroxylation sites is 1. The lowest BCUT2D eigenvalue weighted by molar-refractivity contribution is 0.183. The molecule has 0 aliphatic rings. The van der Waals surface area contributed by atoms with Crippen LogP contribution in [-0.2, 0) is 0 Å². The second-order valence-electron chi connectivity index (χ2n) is 3.48. The van der Waals surface area contributed by atoms with Crippen molar-refractivity contribution >= 4 is 11.4 Å². The standard InChI is InChI=1S/C11H18N2O/c1-3-9(14)7-13-11-8(2)5-4-6-10(11)12/h4-6,9,13-14H,3,7,12H2,1-2H3. The highest BCUT2D eigenvalue weighted by Gasteiger charge is 2.04. The maximum Gasteiger partial charge on any atom is 0.0709 e. The van der Waals surface area contributed by atoms with E-state index in [1.54, 1.807) is 0 Å². The number of hydrogen-bond acceptors (Lipinski definition) is 3. The molecular weight excluding hydrogens is 176 g/mol. The summed E-state index contributed by atoms with van der Waals surface area (Å²) in [7, 11) is 0. The van der Waals surface area contributed by atoms with E-state index in [9.17, 15) is 5.11 Å². The van der Waals surface area contributed by atoms with Gasteiger partial charge in [0.2, 0.25) is 0 Å². The Kier molecular flexibility index (Phi) is 3.77. The van der Waals surface area contributed by atoms with Gasteiger partial charge in [0, 0.05) is 6.54 Å². The summed E-state index contributed by atoms with van der Waals surface area (Å²) >= 11 is 0. The van der Waals surface area contributed by atoms with E-state index >= 15 is 0 Å². The molecule has 0 aromatic heterocycles. The average molecular weight is 194 g/mol. The smallest absolute Gasteiger partial charge is 0.0709 e. The first-order valence-electron chi connectivity index (χ1n) is 4.92. The van der Waals surface area contributed by atoms with Crippen molar-refractivity contribution in [2.75, 3.05) is 17.6 Å². The van der Waals surface area contributed by atoms with Gasteiger partial charge in [-0.15, -0.1) is 0 Å². The molecule has 1 aromatic rings. The van der Waals surface area contributed by atoms with Gasteiger partial charge in [-0.05, 0) is 25.0 Å². The van der Waals surface area contributed by atoms with Gasteiger partial charge < -0.3 is 16.2 Å². The van der Waals surface area contributed by atoms with E-state index in [0.29, 0.717) is 6.54 Å². The Balaban J connectivity index is 2.66. The zero-order valence-electron chi connectivity index (χ0n) is 8.75. The van der Waals surface area contributed by atoms with Gasteiger partial charge in [0.05, 0.1) is 17.5 Å². The number of nitrogen functional groups attached to an aromatic ring is 1. The van der Waals surface area contributed by atoms with E-state index in [0.717, 1.165) is 23.4 Å². The molecule has 1 atom stereocenters. The molecule has 0 spiro atoms. The number of aliphatic hydroxyl groups is 1. The zero-order chi connectivity index (χ0) is 10.6. The van der Waals surface area contributed by atoms with Gasteiger partial charge in [-0.25, -0.2) is 0 Å². The van der Waals surface area contributed by atoms with E-state index in [1.165, 1.54) is 0 Å². The number of aryl methyl sites for hydroxylation is 1. The SMILES string of the molecule is CCC(O)CNc1c(C)cccc1N. The van der Waals surface area contributed by atoms with Crippen LogP contribution in [-0.4, -0.2) is 17.8 Å². The molecule has 1 rings (SSSR count). The number of anilines is 2. The van der Waals surface area contributed by atoms with Crippen molar-refractivity contribution < 1.29 is 5.11 Å². The molecule has 4 N–H and O–H groups in total. The molecule has 0 radical (unpaired) electrons. The summed E-state index contributed by atoms with van der Waals surface area (Å²) in [5.41, 5.74) is 8.57. The molecule has 14 heavy (non-hydrogen) atoms. The minimum Gasteiger partial charge on any atom is -0.397 e. The summed E-state index contributed by atoms with van der Waals surface area (Å²) in [5.74, 6) is 0. The summed E-state index contributed by atoms with van der Waals surface area (Å²) in [6.45, 7) is 4.50. The Morgan fingerprint density at radius 1 is 1.50 bits per heavy atom. The first kappa shape index (κ1) is 10.9. The number of nitrogens with two attached hydrogens (primary N) is 1. The van der Waals surface area contributed by atoms with Gasteiger partial charge in [-0.2, -0.15) is 0 Å². The summed E-state index contributed by atoms with van der Waals surface area (Å²) in [6, 6.07) is 5.77. The lowest BCUT2D eigenvalue weighted by Gasteiger charge is -2.14. The normalized spacial score (nSPS) is 12.5. The third kappa shape index (κ3) is 2.64. The van der Waals surface area contributed by atoms with Crippen LogP contribution in [0.25, 0.3) is 0 Å². The third-order valence-electron chi connectivity index (χ3n) is 2.29. The van der Waals surface area contributed by atoms with Crippen molar-refractivity contribution in [2.24, 2.45) is 0 Å². The Bertz CT molecular complexity index is 279. The van der Waals surface area contributed by atoms with Gasteiger partial charge in [0.1, 0.15) is 0 Å². The molecule has 0 aliphatic carbocycles. The Morgan fingerprint density at radius 3 is 2.79 bits per heavy atom. The lowest BCUT2D eigenvalue weighted by atomic mass is 10.1. The van der Waals surface area contributed by atoms with Crippen molar-refractivity contribution in [1.82, 2.24) is 0 Å². The Hall–Kier alpha value is -1.22. The summed E-state index contributed by atoms with van der Waals surface area (Å²) in [4.78, 5) is 0. The maximum absolute atomic E-state index is 9.40. The molecule has 0 bridgehead atoms. The number of hydrogen-bond donors (Lipinski definition) is 3. The first-order chi connectivity index (χ1) is 6.65. The fourth-order valence-electron chi connectivity index (χ4n) is 1.30. The van der Waals surface area contributed by atoms with Crippen LogP contribution in [0.1, 0.15) is 18.9 Å². The highest BCUT2D eigenvalue weighted by Crippen LogP contribution is 2.22. The monoisotopic (exact) mass is 194 g/mol. The second kappa shape index (κ2) is 4.86. The van der Waals surface area contributed by atoms with Gasteiger partial charge >= 0.3 is 0 Å². The minimum atomic E-state index is -0.311. The van der Waals surface area contributed by atoms with Crippen LogP contribution in [0.4, 0.5) is 11.4 Å². The predicted octanol–water partition coefficient (Wildman–Crippen LogP) is 1.76. The van der Waals surface area contributed by atoms with E-state index in [4.69, 9.17) is 5.73 Å². The van der Waals surface area contributed by atoms with Crippen molar-refractivity contribution in [1.29, 1.82) is 0 Å². The first-order valence-corrected chi connectivity index (χ1v) is 4.92. The molecule has 0 aliphatic heterocycles. The van der Waals surface area contributed by atoms with Gasteiger partial charge in [0.15, 0.2) is 0 Å². The van der Waals surface area contributed by atoms with E-state index in [-0.39, 0.29) is 6.10 Å². The van der Waals surface area contributed by atoms with Gasteiger partial charge in [0.25, 0.3) is 0 Å². The molecule has 1 unspecified atom stereocenters. The molecule has 0 saturated carbocycles. The van der Waals surface area contributed by atoms with Gasteiger partial charge in [-0.3, -0.25) is 0 Å². The van der Waals surface area contributed by atoms with Crippen LogP contribution in [0, 0.1) is 6.92 Å². The molecule has 0 heterocycles. The number of aliphatic hydroxyl groups excluding tert-OH is 1. The third-order valence-corrected chi connectivity index (χ3v) is 2.29. The van der Waals surface area contributed by atoms with Crippen LogP contribution >= 0.6 is 0 Å². The summed E-state index contributed by atoms with van der Waals surface area (Å²) < 4.78 is 0. The quantitative estimate of drug-likeness (QED) is 0.640. The zero-order valence-corrected chi connectivity index (χ0v) is 8.75. The largest absolute Gasteiger partial charge is 0.397 e. The van der Waals surface area contributed by atoms with Crippen molar-refractivity contribution in [3.63, 3.8) is 0 Å². The van der Waals surface area contributed by atoms with E-state index < -0.39 is 0 Å². The minimum absolute atomic E-state index is 0.311. The second-order valence-corrected chi connectivity index (χ2v) is 3.48. The number of rotatable bonds is 4. The number of nitrogens with one attached hydrogen (secondary N) is 1. The molecule has 3 heteroatoms. The molecule has 3 nitrogen and oxygen atoms in total. The fraction of sp³-hybridized carbons (Fsp3) is 0.455. The summed E-state index contributed by atoms with van der Waals surface area (Å²) in [6.07, 6.45) is 0.438. The fourth-order valence-corrected chi connectivity index (χ4v) is 1.30. The molecule has 1 aromatic carbocycles. The molecule has 0 fully saturated rings. The van der Waals surface area contributed by atoms with Gasteiger partial charge in [-0.1, -0.05) is 19.1 Å². The Labute approximate surface area is 84.9 Å². The van der Waals surface area contributed by atoms with E-state index in [2.05, 4.69) is 5.32 Å². The summed E-state index contributed by atoms with van der Waals surface area (Å²) in [5, 5.41) is 12.6. The van der Waals surface area contributed by atoms with Crippen LogP contribution in [0.15, 0.2) is 18.2 Å². The average Bonchev–Trinajstić information content (AvgIpc) is 2.16. The van der Waals surface area contributed by atoms with Crippen molar-refractivity contribution in [3.05, 3.63) is 23.8 Å². The van der Waals surface area contributed by atoms with E-state index in [1.807, 2.05) is 32.0 Å². The molecule has 0 saturated heterocycles. The molecule has 0 amide bonds. The van der Waals surface area contributed by atoms with Crippen LogP contribution < -0.4 is 11.1 Å². The Morgan fingerprint density at radius 2 is 2.21 bits per heavy atom. The van der Waals surface area contributed by atoms with Crippen LogP contribution in [0.5, 0.6) is 0 Å². The van der Waals surface area contributed by atoms with Crippen LogP contribution in [0.3, 0.4) is 0 Å². The molecular formula is C11H18N2O. The van der Waals surface area contributed by atoms with Crippen LogP contribution in [0.2, 0.25) is 0 Å². The lowest BCUT2D eigenvalue weighted by Crippen LogP contribution is -2.19. The van der Waals surface area contributed by atoms with Crippen molar-refractivity contribution in [3.8, 4) is 0 Å². The number of benzene rings is 1.